The van der Waals surface area contributed by atoms with Crippen LogP contribution in [0.2, 0.25) is 0 Å². The number of aliphatic imine (C=N–C) groups is 1. The molecular weight excluding hydrogens is 457 g/mol. The van der Waals surface area contributed by atoms with Crippen LogP contribution < -0.4 is 10.6 Å². The van der Waals surface area contributed by atoms with Gasteiger partial charge in [0.2, 0.25) is 0 Å². The van der Waals surface area contributed by atoms with Gasteiger partial charge in [-0.25, -0.2) is 0 Å². The number of guanidine groups is 1. The largest absolute Gasteiger partial charge is 0.467 e. The summed E-state index contributed by atoms with van der Waals surface area (Å²) in [6, 6.07) is 3.80. The van der Waals surface area contributed by atoms with Crippen LogP contribution in [0.5, 0.6) is 0 Å². The second-order valence-corrected chi connectivity index (χ2v) is 6.99. The molecule has 7 heteroatoms. The summed E-state index contributed by atoms with van der Waals surface area (Å²) in [5, 5.41) is 6.90. The van der Waals surface area contributed by atoms with E-state index >= 15 is 0 Å². The van der Waals surface area contributed by atoms with E-state index in [0.717, 1.165) is 50.9 Å². The first-order valence-corrected chi connectivity index (χ1v) is 9.90. The zero-order valence-corrected chi connectivity index (χ0v) is 19.1. The summed E-state index contributed by atoms with van der Waals surface area (Å²) in [4.78, 5) is 4.34. The van der Waals surface area contributed by atoms with E-state index in [2.05, 4.69) is 22.5 Å². The van der Waals surface area contributed by atoms with Gasteiger partial charge in [0.25, 0.3) is 0 Å². The van der Waals surface area contributed by atoms with Crippen LogP contribution in [0.25, 0.3) is 0 Å². The number of furan rings is 1. The molecule has 0 unspecified atom stereocenters. The zero-order valence-electron chi connectivity index (χ0n) is 16.8. The maximum absolute atomic E-state index is 5.60. The zero-order chi connectivity index (χ0) is 18.5. The van der Waals surface area contributed by atoms with Crippen LogP contribution in [0.3, 0.4) is 0 Å². The molecule has 1 heterocycles. The molecule has 0 spiro atoms. The lowest BCUT2D eigenvalue weighted by molar-refractivity contribution is 0.104. The van der Waals surface area contributed by atoms with Gasteiger partial charge in [-0.2, -0.15) is 0 Å². The second kappa shape index (κ2) is 14.2. The number of nitrogens with one attached hydrogen (secondary N) is 2. The smallest absolute Gasteiger partial charge is 0.190 e. The van der Waals surface area contributed by atoms with Crippen LogP contribution in [0.15, 0.2) is 27.8 Å². The Morgan fingerprint density at radius 3 is 2.70 bits per heavy atom. The minimum Gasteiger partial charge on any atom is -0.467 e. The highest BCUT2D eigenvalue weighted by Crippen LogP contribution is 2.40. The number of halogens is 1. The van der Waals surface area contributed by atoms with Crippen molar-refractivity contribution in [2.45, 2.75) is 52.1 Å². The predicted octanol–water partition coefficient (Wildman–Crippen LogP) is 3.96. The first kappa shape index (κ1) is 24.2. The summed E-state index contributed by atoms with van der Waals surface area (Å²) >= 11 is 0. The molecular formula is C20H36IN3O3. The van der Waals surface area contributed by atoms with Gasteiger partial charge >= 0.3 is 0 Å². The van der Waals surface area contributed by atoms with Crippen molar-refractivity contribution in [3.05, 3.63) is 24.2 Å². The van der Waals surface area contributed by atoms with Crippen LogP contribution in [-0.2, 0) is 16.1 Å². The lowest BCUT2D eigenvalue weighted by Gasteiger charge is -2.30. The Morgan fingerprint density at radius 1 is 1.22 bits per heavy atom. The van der Waals surface area contributed by atoms with Crippen LogP contribution >= 0.6 is 24.0 Å². The van der Waals surface area contributed by atoms with Crippen molar-refractivity contribution in [3.8, 4) is 0 Å². The van der Waals surface area contributed by atoms with Crippen LogP contribution in [-0.4, -0.2) is 45.9 Å². The van der Waals surface area contributed by atoms with E-state index in [0.29, 0.717) is 18.6 Å². The molecule has 0 bridgehead atoms. The quantitative estimate of drug-likeness (QED) is 0.200. The Morgan fingerprint density at radius 2 is 2.04 bits per heavy atom. The average Bonchev–Trinajstić information content (AvgIpc) is 3.33. The summed E-state index contributed by atoms with van der Waals surface area (Å²) in [5.41, 5.74) is 0.360. The third-order valence-corrected chi connectivity index (χ3v) is 5.08. The molecule has 0 aromatic carbocycles. The normalized spacial score (nSPS) is 16.1. The Labute approximate surface area is 180 Å². The molecule has 0 aliphatic heterocycles. The maximum Gasteiger partial charge on any atom is 0.190 e. The van der Waals surface area contributed by atoms with Gasteiger partial charge in [0.05, 0.1) is 6.26 Å². The van der Waals surface area contributed by atoms with Gasteiger partial charge in [-0.15, -0.1) is 24.0 Å². The van der Waals surface area contributed by atoms with E-state index in [4.69, 9.17) is 13.9 Å². The molecule has 0 radical (unpaired) electrons. The van der Waals surface area contributed by atoms with E-state index in [1.807, 2.05) is 19.2 Å². The summed E-state index contributed by atoms with van der Waals surface area (Å²) in [6.45, 7) is 6.75. The molecule has 1 fully saturated rings. The summed E-state index contributed by atoms with van der Waals surface area (Å²) in [5.74, 6) is 1.74. The van der Waals surface area contributed by atoms with Crippen LogP contribution in [0.1, 0.15) is 51.2 Å². The Kier molecular flexibility index (Phi) is 12.8. The van der Waals surface area contributed by atoms with Crippen molar-refractivity contribution in [1.29, 1.82) is 0 Å². The lowest BCUT2D eigenvalue weighted by Crippen LogP contribution is -2.43. The number of hydrogen-bond donors (Lipinski definition) is 2. The molecule has 0 atom stereocenters. The molecule has 156 valence electrons. The first-order valence-electron chi connectivity index (χ1n) is 9.90. The standard InChI is InChI=1S/C20H35N3O3.HI/c1-3-24-15-11-20(9-4-5-10-20)17-23-19(21-2)22-12-7-13-25-16-18-8-6-14-26-18;/h6,8,14H,3-5,7,9-13,15-17H2,1-2H3,(H2,21,22,23);1H. The topological polar surface area (TPSA) is 68.0 Å². The van der Waals surface area contributed by atoms with Crippen molar-refractivity contribution in [1.82, 2.24) is 10.6 Å². The van der Waals surface area contributed by atoms with E-state index < -0.39 is 0 Å². The molecule has 0 saturated heterocycles. The van der Waals surface area contributed by atoms with E-state index in [9.17, 15) is 0 Å². The van der Waals surface area contributed by atoms with Crippen molar-refractivity contribution < 1.29 is 13.9 Å². The monoisotopic (exact) mass is 493 g/mol. The Bertz CT molecular complexity index is 503. The summed E-state index contributed by atoms with van der Waals surface area (Å²) in [6.07, 6.45) is 8.94. The molecule has 2 N–H and O–H groups in total. The third-order valence-electron chi connectivity index (χ3n) is 5.08. The maximum atomic E-state index is 5.60. The molecule has 6 nitrogen and oxygen atoms in total. The summed E-state index contributed by atoms with van der Waals surface area (Å²) in [7, 11) is 1.82. The molecule has 1 aromatic rings. The minimum absolute atomic E-state index is 0. The highest BCUT2D eigenvalue weighted by Gasteiger charge is 2.33. The van der Waals surface area contributed by atoms with Crippen molar-refractivity contribution in [2.24, 2.45) is 10.4 Å². The highest BCUT2D eigenvalue weighted by atomic mass is 127. The number of hydrogen-bond acceptors (Lipinski definition) is 4. The van der Waals surface area contributed by atoms with Gasteiger partial charge < -0.3 is 24.5 Å². The fraction of sp³-hybridized carbons (Fsp3) is 0.750. The number of nitrogens with zero attached hydrogens (tertiary/aromatic N) is 1. The van der Waals surface area contributed by atoms with E-state index in [1.54, 1.807) is 6.26 Å². The van der Waals surface area contributed by atoms with Gasteiger partial charge in [0.1, 0.15) is 12.4 Å². The van der Waals surface area contributed by atoms with Gasteiger partial charge in [0.15, 0.2) is 5.96 Å². The van der Waals surface area contributed by atoms with Crippen LogP contribution in [0.4, 0.5) is 0 Å². The minimum atomic E-state index is 0. The van der Waals surface area contributed by atoms with Crippen molar-refractivity contribution in [2.75, 3.05) is 40.0 Å². The number of ether oxygens (including phenoxy) is 2. The van der Waals surface area contributed by atoms with Crippen molar-refractivity contribution >= 4 is 29.9 Å². The first-order chi connectivity index (χ1) is 12.8. The Hall–Kier alpha value is -0.800. The predicted molar refractivity (Wildman–Crippen MR) is 120 cm³/mol. The van der Waals surface area contributed by atoms with Gasteiger partial charge in [-0.1, -0.05) is 12.8 Å². The Balaban J connectivity index is 0.00000364. The SMILES string of the molecule is CCOCCC1(CNC(=NC)NCCCOCc2ccco2)CCCC1.I. The van der Waals surface area contributed by atoms with Gasteiger partial charge in [-0.3, -0.25) is 4.99 Å². The molecule has 27 heavy (non-hydrogen) atoms. The fourth-order valence-electron chi connectivity index (χ4n) is 3.51. The van der Waals surface area contributed by atoms with Gasteiger partial charge in [-0.05, 0) is 50.2 Å². The average molecular weight is 493 g/mol. The van der Waals surface area contributed by atoms with Crippen molar-refractivity contribution in [3.63, 3.8) is 0 Å². The van der Waals surface area contributed by atoms with Crippen LogP contribution in [0, 0.1) is 5.41 Å². The third kappa shape index (κ3) is 9.30. The van der Waals surface area contributed by atoms with E-state index in [1.165, 1.54) is 25.7 Å². The highest BCUT2D eigenvalue weighted by molar-refractivity contribution is 14.0. The fourth-order valence-corrected chi connectivity index (χ4v) is 3.51. The molecule has 1 aromatic heterocycles. The molecule has 0 amide bonds. The summed E-state index contributed by atoms with van der Waals surface area (Å²) < 4.78 is 16.4. The molecule has 2 rings (SSSR count). The molecule has 1 aliphatic carbocycles. The van der Waals surface area contributed by atoms with Gasteiger partial charge in [0, 0.05) is 40.0 Å². The number of rotatable bonds is 12. The second-order valence-electron chi connectivity index (χ2n) is 6.99. The lowest BCUT2D eigenvalue weighted by atomic mass is 9.83. The van der Waals surface area contributed by atoms with E-state index in [-0.39, 0.29) is 24.0 Å². The molecule has 1 aliphatic rings. The molecule has 1 saturated carbocycles.